The predicted octanol–water partition coefficient (Wildman–Crippen LogP) is 4.53. The summed E-state index contributed by atoms with van der Waals surface area (Å²) in [6, 6.07) is 7.80. The van der Waals surface area contributed by atoms with E-state index in [1.807, 2.05) is 31.2 Å². The molecule has 1 unspecified atom stereocenters. The van der Waals surface area contributed by atoms with Gasteiger partial charge in [-0.05, 0) is 42.0 Å². The molecule has 2 N–H and O–H groups in total. The lowest BCUT2D eigenvalue weighted by molar-refractivity contribution is -0.136. The third-order valence-corrected chi connectivity index (χ3v) is 5.45. The van der Waals surface area contributed by atoms with Crippen LogP contribution < -0.4 is 5.32 Å². The van der Waals surface area contributed by atoms with Crippen LogP contribution in [0.2, 0.25) is 0 Å². The van der Waals surface area contributed by atoms with E-state index >= 15 is 0 Å². The van der Waals surface area contributed by atoms with Gasteiger partial charge < -0.3 is 10.4 Å². The molecule has 3 rings (SSSR count). The number of ketones is 1. The highest BCUT2D eigenvalue weighted by atomic mass is 79.9. The van der Waals surface area contributed by atoms with Gasteiger partial charge in [0.2, 0.25) is 0 Å². The van der Waals surface area contributed by atoms with Gasteiger partial charge in [0.1, 0.15) is 0 Å². The highest BCUT2D eigenvalue weighted by Gasteiger charge is 2.41. The topological polar surface area (TPSA) is 66.4 Å². The van der Waals surface area contributed by atoms with E-state index in [0.717, 1.165) is 39.0 Å². The summed E-state index contributed by atoms with van der Waals surface area (Å²) in [4.78, 5) is 24.4. The van der Waals surface area contributed by atoms with Crippen molar-refractivity contribution in [3.8, 4) is 0 Å². The zero-order chi connectivity index (χ0) is 18.4. The van der Waals surface area contributed by atoms with Gasteiger partial charge >= 0.3 is 5.97 Å². The second-order valence-corrected chi connectivity index (χ2v) is 8.58. The summed E-state index contributed by atoms with van der Waals surface area (Å²) < 4.78 is 0.955. The number of nitrogens with one attached hydrogen (secondary N) is 1. The van der Waals surface area contributed by atoms with Crippen LogP contribution in [-0.4, -0.2) is 16.9 Å². The summed E-state index contributed by atoms with van der Waals surface area (Å²) in [7, 11) is 0. The molecule has 2 aliphatic rings. The molecule has 1 heterocycles. The number of hydrogen-bond acceptors (Lipinski definition) is 3. The Morgan fingerprint density at radius 2 is 1.92 bits per heavy atom. The molecule has 132 valence electrons. The van der Waals surface area contributed by atoms with E-state index in [2.05, 4.69) is 35.1 Å². The van der Waals surface area contributed by atoms with E-state index in [-0.39, 0.29) is 23.5 Å². The summed E-state index contributed by atoms with van der Waals surface area (Å²) in [5, 5.41) is 12.7. The van der Waals surface area contributed by atoms with E-state index in [1.54, 1.807) is 0 Å². The molecule has 1 aromatic rings. The van der Waals surface area contributed by atoms with Gasteiger partial charge in [0.25, 0.3) is 0 Å². The molecular formula is C20H22BrNO3. The first-order chi connectivity index (χ1) is 11.7. The Labute approximate surface area is 156 Å². The third-order valence-electron chi connectivity index (χ3n) is 4.92. The van der Waals surface area contributed by atoms with Crippen molar-refractivity contribution in [2.45, 2.75) is 46.0 Å². The minimum Gasteiger partial charge on any atom is -0.481 e. The molecular weight excluding hydrogens is 382 g/mol. The van der Waals surface area contributed by atoms with Gasteiger partial charge in [-0.3, -0.25) is 9.59 Å². The van der Waals surface area contributed by atoms with E-state index in [1.165, 1.54) is 0 Å². The molecule has 0 saturated heterocycles. The van der Waals surface area contributed by atoms with Crippen molar-refractivity contribution in [3.05, 3.63) is 56.8 Å². The second kappa shape index (κ2) is 6.45. The van der Waals surface area contributed by atoms with Gasteiger partial charge in [-0.2, -0.15) is 0 Å². The Kier molecular flexibility index (Phi) is 4.62. The standard InChI is InChI=1S/C20H22BrNO3/c1-11-14(8-17(24)25)18(12-4-6-13(21)7-5-12)19-15(22-11)9-20(2,3)10-16(19)23/h4-7,18,22H,8-10H2,1-3H3,(H,24,25). The third kappa shape index (κ3) is 3.56. The fourth-order valence-corrected chi connectivity index (χ4v) is 4.16. The monoisotopic (exact) mass is 403 g/mol. The maximum atomic E-state index is 13.0. The number of hydrogen-bond donors (Lipinski definition) is 2. The van der Waals surface area contributed by atoms with Crippen LogP contribution in [0.3, 0.4) is 0 Å². The smallest absolute Gasteiger partial charge is 0.307 e. The van der Waals surface area contributed by atoms with Gasteiger partial charge in [0.15, 0.2) is 5.78 Å². The average Bonchev–Trinajstić information content (AvgIpc) is 2.48. The van der Waals surface area contributed by atoms with E-state index in [9.17, 15) is 14.7 Å². The normalized spacial score (nSPS) is 22.6. The number of Topliss-reactive ketones (excluding diaryl/α,β-unsaturated/α-hetero) is 1. The molecule has 0 saturated carbocycles. The number of carbonyl (C=O) groups is 2. The van der Waals surface area contributed by atoms with Crippen LogP contribution in [0.15, 0.2) is 51.3 Å². The van der Waals surface area contributed by atoms with Gasteiger partial charge in [-0.15, -0.1) is 0 Å². The molecule has 5 heteroatoms. The Morgan fingerprint density at radius 3 is 2.52 bits per heavy atom. The number of carboxylic acid groups (broad SMARTS) is 1. The van der Waals surface area contributed by atoms with Crippen molar-refractivity contribution < 1.29 is 14.7 Å². The van der Waals surface area contributed by atoms with Crippen molar-refractivity contribution in [2.75, 3.05) is 0 Å². The molecule has 1 aromatic carbocycles. The molecule has 0 bridgehead atoms. The summed E-state index contributed by atoms with van der Waals surface area (Å²) >= 11 is 3.43. The highest BCUT2D eigenvalue weighted by Crippen LogP contribution is 2.47. The molecule has 0 spiro atoms. The molecule has 0 amide bonds. The highest BCUT2D eigenvalue weighted by molar-refractivity contribution is 9.10. The summed E-state index contributed by atoms with van der Waals surface area (Å²) in [5.41, 5.74) is 4.17. The number of dihydropyridines is 1. The number of rotatable bonds is 3. The van der Waals surface area contributed by atoms with Crippen LogP contribution in [-0.2, 0) is 9.59 Å². The Hall–Kier alpha value is -1.88. The van der Waals surface area contributed by atoms with Crippen molar-refractivity contribution in [2.24, 2.45) is 5.41 Å². The second-order valence-electron chi connectivity index (χ2n) is 7.66. The van der Waals surface area contributed by atoms with Crippen molar-refractivity contribution >= 4 is 27.7 Å². The number of benzene rings is 1. The van der Waals surface area contributed by atoms with Crippen LogP contribution in [0.4, 0.5) is 0 Å². The van der Waals surface area contributed by atoms with Crippen LogP contribution >= 0.6 is 15.9 Å². The van der Waals surface area contributed by atoms with E-state index in [0.29, 0.717) is 6.42 Å². The maximum Gasteiger partial charge on any atom is 0.307 e. The van der Waals surface area contributed by atoms with Crippen molar-refractivity contribution in [1.82, 2.24) is 5.32 Å². The Bertz CT molecular complexity index is 803. The molecule has 1 atom stereocenters. The van der Waals surface area contributed by atoms with Crippen LogP contribution in [0, 0.1) is 5.41 Å². The molecule has 4 nitrogen and oxygen atoms in total. The van der Waals surface area contributed by atoms with Crippen LogP contribution in [0.5, 0.6) is 0 Å². The molecule has 1 aliphatic carbocycles. The quantitative estimate of drug-likeness (QED) is 0.777. The zero-order valence-electron chi connectivity index (χ0n) is 14.6. The van der Waals surface area contributed by atoms with E-state index < -0.39 is 5.97 Å². The SMILES string of the molecule is CC1=C(CC(=O)O)C(c2ccc(Br)cc2)C2=C(CC(C)(C)CC2=O)N1. The molecule has 1 aliphatic heterocycles. The molecule has 0 radical (unpaired) electrons. The van der Waals surface area contributed by atoms with E-state index in [4.69, 9.17) is 0 Å². The number of carboxylic acids is 1. The average molecular weight is 404 g/mol. The van der Waals surface area contributed by atoms with Gasteiger partial charge in [0, 0.05) is 33.8 Å². The number of aliphatic carboxylic acids is 1. The van der Waals surface area contributed by atoms with Crippen LogP contribution in [0.25, 0.3) is 0 Å². The number of halogens is 1. The lowest BCUT2D eigenvalue weighted by atomic mass is 9.68. The zero-order valence-corrected chi connectivity index (χ0v) is 16.2. The number of carbonyl (C=O) groups excluding carboxylic acids is 1. The summed E-state index contributed by atoms with van der Waals surface area (Å²) in [6.45, 7) is 6.09. The lowest BCUT2D eigenvalue weighted by Gasteiger charge is -2.40. The van der Waals surface area contributed by atoms with Gasteiger partial charge in [0.05, 0.1) is 6.42 Å². The first-order valence-corrected chi connectivity index (χ1v) is 9.17. The molecule has 0 aromatic heterocycles. The molecule has 0 fully saturated rings. The summed E-state index contributed by atoms with van der Waals surface area (Å²) in [5.74, 6) is -1.06. The fraction of sp³-hybridized carbons (Fsp3) is 0.400. The first kappa shape index (κ1) is 17.9. The largest absolute Gasteiger partial charge is 0.481 e. The lowest BCUT2D eigenvalue weighted by Crippen LogP contribution is -2.37. The Balaban J connectivity index is 2.15. The fourth-order valence-electron chi connectivity index (χ4n) is 3.90. The predicted molar refractivity (Wildman–Crippen MR) is 100 cm³/mol. The Morgan fingerprint density at radius 1 is 1.28 bits per heavy atom. The van der Waals surface area contributed by atoms with Gasteiger partial charge in [-0.1, -0.05) is 41.9 Å². The first-order valence-electron chi connectivity index (χ1n) is 8.38. The van der Waals surface area contributed by atoms with Crippen molar-refractivity contribution in [3.63, 3.8) is 0 Å². The van der Waals surface area contributed by atoms with Crippen molar-refractivity contribution in [1.29, 1.82) is 0 Å². The number of allylic oxidation sites excluding steroid dienone is 3. The van der Waals surface area contributed by atoms with Crippen LogP contribution in [0.1, 0.15) is 51.5 Å². The molecule has 25 heavy (non-hydrogen) atoms. The minimum atomic E-state index is -0.883. The maximum absolute atomic E-state index is 13.0. The minimum absolute atomic E-state index is 0.0764. The summed E-state index contributed by atoms with van der Waals surface area (Å²) in [6.07, 6.45) is 1.20. The van der Waals surface area contributed by atoms with Gasteiger partial charge in [-0.25, -0.2) is 0 Å².